The summed E-state index contributed by atoms with van der Waals surface area (Å²) in [7, 11) is 0. The molecular formula is C27H41N5. The Morgan fingerprint density at radius 3 is 2.25 bits per heavy atom. The summed E-state index contributed by atoms with van der Waals surface area (Å²) in [6, 6.07) is 6.88. The molecule has 0 amide bonds. The number of nitrogens with two attached hydrogens (primary N) is 1. The van der Waals surface area contributed by atoms with Gasteiger partial charge in [0.05, 0.1) is 5.82 Å². The topological polar surface area (TPSA) is 39.0 Å². The van der Waals surface area contributed by atoms with Crippen LogP contribution in [-0.2, 0) is 6.54 Å². The Labute approximate surface area is 195 Å². The lowest BCUT2D eigenvalue weighted by Crippen LogP contribution is -2.46. The highest BCUT2D eigenvalue weighted by Gasteiger charge is 2.21. The molecule has 2 fully saturated rings. The van der Waals surface area contributed by atoms with E-state index < -0.39 is 0 Å². The second kappa shape index (κ2) is 11.3. The number of aryl methyl sites for hydroxylation is 1. The van der Waals surface area contributed by atoms with Crippen molar-refractivity contribution < 1.29 is 0 Å². The molecule has 32 heavy (non-hydrogen) atoms. The van der Waals surface area contributed by atoms with Crippen molar-refractivity contribution in [2.75, 3.05) is 52.4 Å². The largest absolute Gasteiger partial charge is 0.385 e. The predicted octanol–water partition coefficient (Wildman–Crippen LogP) is 4.00. The van der Waals surface area contributed by atoms with Crippen molar-refractivity contribution >= 4 is 5.70 Å². The Balaban J connectivity index is 1.59. The predicted molar refractivity (Wildman–Crippen MR) is 137 cm³/mol. The molecule has 2 aliphatic rings. The quantitative estimate of drug-likeness (QED) is 0.625. The molecular weight excluding hydrogens is 394 g/mol. The van der Waals surface area contributed by atoms with Crippen LogP contribution in [0.1, 0.15) is 37.0 Å². The highest BCUT2D eigenvalue weighted by Crippen LogP contribution is 2.25. The molecule has 0 radical (unpaired) electrons. The third kappa shape index (κ3) is 5.98. The van der Waals surface area contributed by atoms with Gasteiger partial charge in [-0.1, -0.05) is 44.4 Å². The van der Waals surface area contributed by atoms with E-state index in [1.807, 2.05) is 6.08 Å². The van der Waals surface area contributed by atoms with Crippen molar-refractivity contribution in [1.29, 1.82) is 0 Å². The average molecular weight is 436 g/mol. The summed E-state index contributed by atoms with van der Waals surface area (Å²) < 4.78 is 0. The first-order chi connectivity index (χ1) is 15.4. The van der Waals surface area contributed by atoms with Crippen LogP contribution in [0.4, 0.5) is 0 Å². The van der Waals surface area contributed by atoms with E-state index in [9.17, 15) is 0 Å². The van der Waals surface area contributed by atoms with Crippen LogP contribution in [-0.4, -0.2) is 72.0 Å². The maximum absolute atomic E-state index is 6.13. The number of piperazine rings is 2. The van der Waals surface area contributed by atoms with E-state index in [1.165, 1.54) is 22.4 Å². The zero-order valence-electron chi connectivity index (χ0n) is 20.3. The van der Waals surface area contributed by atoms with Gasteiger partial charge in [-0.3, -0.25) is 4.90 Å². The van der Waals surface area contributed by atoms with E-state index >= 15 is 0 Å². The lowest BCUT2D eigenvalue weighted by atomic mass is 10.0. The summed E-state index contributed by atoms with van der Waals surface area (Å²) in [5.41, 5.74) is 12.6. The Hall–Kier alpha value is -2.66. The summed E-state index contributed by atoms with van der Waals surface area (Å²) >= 11 is 0. The number of nitrogens with zero attached hydrogens (tertiary/aromatic N) is 4. The SMILES string of the molecule is C=C/C=C(\N)N1CCN(C(=C)c2cc(CN3CCN(/C(C)=C/CC)CC3)ccc2C)CC1. The number of hydrogen-bond donors (Lipinski definition) is 1. The molecule has 0 saturated carbocycles. The van der Waals surface area contributed by atoms with Crippen LogP contribution >= 0.6 is 0 Å². The lowest BCUT2D eigenvalue weighted by Gasteiger charge is -2.38. The molecule has 0 bridgehead atoms. The number of rotatable bonds is 8. The normalized spacial score (nSPS) is 18.8. The standard InChI is InChI=1S/C27H41N5/c1-6-8-23(4)30-14-12-29(13-15-30)21-25-11-10-22(3)26(20-25)24(5)31-16-18-32(19-17-31)27(28)9-7-2/h7-11,20H,2,5-6,12-19,21,28H2,1,3-4H3/b23-8+,27-9+. The molecule has 2 heterocycles. The van der Waals surface area contributed by atoms with Crippen LogP contribution in [0.2, 0.25) is 0 Å². The van der Waals surface area contributed by atoms with E-state index in [0.717, 1.165) is 76.8 Å². The monoisotopic (exact) mass is 435 g/mol. The van der Waals surface area contributed by atoms with E-state index in [-0.39, 0.29) is 0 Å². The van der Waals surface area contributed by atoms with Gasteiger partial charge in [0.25, 0.3) is 0 Å². The van der Waals surface area contributed by atoms with Crippen LogP contribution in [0.3, 0.4) is 0 Å². The molecule has 5 heteroatoms. The lowest BCUT2D eigenvalue weighted by molar-refractivity contribution is 0.152. The molecule has 0 unspecified atom stereocenters. The molecule has 0 aliphatic carbocycles. The molecule has 3 rings (SSSR count). The Kier molecular flexibility index (Phi) is 8.46. The van der Waals surface area contributed by atoms with Crippen molar-refractivity contribution in [3.05, 3.63) is 77.8 Å². The van der Waals surface area contributed by atoms with Gasteiger partial charge in [0, 0.05) is 75.9 Å². The van der Waals surface area contributed by atoms with E-state index in [2.05, 4.69) is 77.8 Å². The van der Waals surface area contributed by atoms with Gasteiger partial charge in [-0.05, 0) is 43.5 Å². The van der Waals surface area contributed by atoms with Crippen LogP contribution < -0.4 is 5.73 Å². The van der Waals surface area contributed by atoms with Crippen LogP contribution in [0.25, 0.3) is 5.70 Å². The molecule has 2 saturated heterocycles. The number of hydrogen-bond acceptors (Lipinski definition) is 5. The molecule has 2 N–H and O–H groups in total. The zero-order valence-corrected chi connectivity index (χ0v) is 20.3. The summed E-state index contributed by atoms with van der Waals surface area (Å²) in [6.07, 6.45) is 7.06. The second-order valence-corrected chi connectivity index (χ2v) is 8.91. The smallest absolute Gasteiger partial charge is 0.0987 e. The molecule has 1 aromatic carbocycles. The fourth-order valence-electron chi connectivity index (χ4n) is 4.65. The van der Waals surface area contributed by atoms with E-state index in [0.29, 0.717) is 0 Å². The molecule has 2 aliphatic heterocycles. The van der Waals surface area contributed by atoms with Gasteiger partial charge in [-0.25, -0.2) is 0 Å². The minimum atomic E-state index is 0.795. The van der Waals surface area contributed by atoms with Crippen LogP contribution in [0, 0.1) is 6.92 Å². The summed E-state index contributed by atoms with van der Waals surface area (Å²) in [5.74, 6) is 0.795. The molecule has 0 atom stereocenters. The van der Waals surface area contributed by atoms with Crippen molar-refractivity contribution in [3.8, 4) is 0 Å². The Morgan fingerprint density at radius 2 is 1.62 bits per heavy atom. The minimum absolute atomic E-state index is 0.795. The van der Waals surface area contributed by atoms with Crippen molar-refractivity contribution in [1.82, 2.24) is 19.6 Å². The molecule has 1 aromatic rings. The molecule has 174 valence electrons. The zero-order chi connectivity index (χ0) is 23.1. The van der Waals surface area contributed by atoms with Gasteiger partial charge < -0.3 is 20.4 Å². The van der Waals surface area contributed by atoms with Gasteiger partial charge in [-0.15, -0.1) is 0 Å². The van der Waals surface area contributed by atoms with Gasteiger partial charge >= 0.3 is 0 Å². The first-order valence-corrected chi connectivity index (χ1v) is 11.9. The fraction of sp³-hybridized carbons (Fsp3) is 0.481. The molecule has 0 spiro atoms. The third-order valence-corrected chi connectivity index (χ3v) is 6.70. The van der Waals surface area contributed by atoms with Gasteiger partial charge in [0.1, 0.15) is 0 Å². The van der Waals surface area contributed by atoms with Crippen molar-refractivity contribution in [2.45, 2.75) is 33.7 Å². The van der Waals surface area contributed by atoms with Gasteiger partial charge in [-0.2, -0.15) is 0 Å². The first-order valence-electron chi connectivity index (χ1n) is 11.9. The van der Waals surface area contributed by atoms with Crippen molar-refractivity contribution in [3.63, 3.8) is 0 Å². The maximum atomic E-state index is 6.13. The number of benzene rings is 1. The Bertz CT molecular complexity index is 853. The second-order valence-electron chi connectivity index (χ2n) is 8.91. The highest BCUT2D eigenvalue weighted by atomic mass is 15.3. The maximum Gasteiger partial charge on any atom is 0.0987 e. The summed E-state index contributed by atoms with van der Waals surface area (Å²) in [4.78, 5) is 9.69. The fourth-order valence-corrected chi connectivity index (χ4v) is 4.65. The summed E-state index contributed by atoms with van der Waals surface area (Å²) in [6.45, 7) is 24.0. The number of allylic oxidation sites excluding steroid dienone is 4. The Morgan fingerprint density at radius 1 is 1.00 bits per heavy atom. The average Bonchev–Trinajstić information content (AvgIpc) is 2.81. The molecule has 0 aromatic heterocycles. The third-order valence-electron chi connectivity index (χ3n) is 6.70. The van der Waals surface area contributed by atoms with E-state index in [4.69, 9.17) is 5.73 Å². The minimum Gasteiger partial charge on any atom is -0.385 e. The first kappa shape index (κ1) is 24.0. The van der Waals surface area contributed by atoms with Crippen molar-refractivity contribution in [2.24, 2.45) is 5.73 Å². The molecule has 5 nitrogen and oxygen atoms in total. The van der Waals surface area contributed by atoms with Gasteiger partial charge in [0.2, 0.25) is 0 Å². The summed E-state index contributed by atoms with van der Waals surface area (Å²) in [5, 5.41) is 0. The van der Waals surface area contributed by atoms with E-state index in [1.54, 1.807) is 6.08 Å². The van der Waals surface area contributed by atoms with Crippen LogP contribution in [0.15, 0.2) is 61.1 Å². The van der Waals surface area contributed by atoms with Gasteiger partial charge in [0.15, 0.2) is 0 Å². The van der Waals surface area contributed by atoms with Crippen LogP contribution in [0.5, 0.6) is 0 Å². The highest BCUT2D eigenvalue weighted by molar-refractivity contribution is 5.65.